The molecule has 0 radical (unpaired) electrons. The van der Waals surface area contributed by atoms with Crippen molar-refractivity contribution in [1.82, 2.24) is 5.32 Å². The average molecular weight is 740 g/mol. The molecule has 0 rings (SSSR count). The lowest BCUT2D eigenvalue weighted by atomic mass is 10.0. The van der Waals surface area contributed by atoms with Gasteiger partial charge in [0.05, 0.1) is 17.9 Å². The second-order valence-corrected chi connectivity index (χ2v) is 16.2. The van der Waals surface area contributed by atoms with E-state index in [1.165, 1.54) is 134 Å². The second-order valence-electron chi connectivity index (χ2n) is 14.7. The summed E-state index contributed by atoms with van der Waals surface area (Å²) in [5.74, 6) is -1.53. The molecule has 0 aromatic carbocycles. The third-order valence-corrected chi connectivity index (χ3v) is 10.5. The Morgan fingerprint density at radius 1 is 0.569 bits per heavy atom. The Kier molecular flexibility index (Phi) is 35.8. The third-order valence-electron chi connectivity index (χ3n) is 9.68. The highest BCUT2D eigenvalue weighted by atomic mass is 32.2. The number of hydrogen-bond donors (Lipinski definition) is 4. The van der Waals surface area contributed by atoms with Gasteiger partial charge in [-0.05, 0) is 44.9 Å². The molecule has 7 nitrogen and oxygen atoms in total. The van der Waals surface area contributed by atoms with Crippen molar-refractivity contribution >= 4 is 16.0 Å². The molecule has 0 heterocycles. The summed E-state index contributed by atoms with van der Waals surface area (Å²) in [5, 5.41) is 23.4. The summed E-state index contributed by atoms with van der Waals surface area (Å²) in [5.41, 5.74) is 0. The molecule has 0 saturated heterocycles. The molecule has 1 amide bonds. The number of nitrogens with one attached hydrogen (secondary N) is 1. The van der Waals surface area contributed by atoms with Crippen LogP contribution in [-0.2, 0) is 14.9 Å². The van der Waals surface area contributed by atoms with Crippen molar-refractivity contribution in [3.8, 4) is 0 Å². The number of carbonyl (C=O) groups is 1. The minimum Gasteiger partial charge on any atom is -0.387 e. The lowest BCUT2D eigenvalue weighted by molar-refractivity contribution is -0.130. The Morgan fingerprint density at radius 3 is 1.43 bits per heavy atom. The van der Waals surface area contributed by atoms with E-state index in [1.807, 2.05) is 0 Å². The van der Waals surface area contributed by atoms with Gasteiger partial charge in [0.2, 0.25) is 5.91 Å². The van der Waals surface area contributed by atoms with Crippen LogP contribution in [0.1, 0.15) is 206 Å². The number of carbonyl (C=O) groups excluding carboxylic acids is 1. The highest BCUT2D eigenvalue weighted by Gasteiger charge is 2.27. The zero-order valence-electron chi connectivity index (χ0n) is 33.1. The van der Waals surface area contributed by atoms with Gasteiger partial charge >= 0.3 is 0 Å². The maximum absolute atomic E-state index is 12.6. The first kappa shape index (κ1) is 49.5. The van der Waals surface area contributed by atoms with Gasteiger partial charge in [-0.25, -0.2) is 0 Å². The Morgan fingerprint density at radius 2 is 0.980 bits per heavy atom. The van der Waals surface area contributed by atoms with Gasteiger partial charge in [0, 0.05) is 0 Å². The zero-order chi connectivity index (χ0) is 37.7. The number of rotatable bonds is 38. The smallest absolute Gasteiger partial charge is 0.267 e. The lowest BCUT2D eigenvalue weighted by Crippen LogP contribution is -2.50. The number of amides is 1. The van der Waals surface area contributed by atoms with E-state index < -0.39 is 40.0 Å². The first-order valence-electron chi connectivity index (χ1n) is 21.3. The molecule has 300 valence electrons. The van der Waals surface area contributed by atoms with Gasteiger partial charge in [0.25, 0.3) is 10.1 Å². The SMILES string of the molecule is CC/C=C\C/C=C\CCCCCCCCCCCCCCCC(O)C(=O)NC(CS(=O)(=O)O)C(O)/C=C/CCCCCCCCCCCCCC. The summed E-state index contributed by atoms with van der Waals surface area (Å²) in [6.07, 6.45) is 44.8. The van der Waals surface area contributed by atoms with E-state index in [0.717, 1.165) is 51.4 Å². The van der Waals surface area contributed by atoms with Crippen molar-refractivity contribution in [1.29, 1.82) is 0 Å². The summed E-state index contributed by atoms with van der Waals surface area (Å²) in [6, 6.07) is -1.23. The van der Waals surface area contributed by atoms with Crippen LogP contribution in [0.3, 0.4) is 0 Å². The minimum absolute atomic E-state index is 0.280. The van der Waals surface area contributed by atoms with Crippen molar-refractivity contribution in [2.45, 2.75) is 225 Å². The van der Waals surface area contributed by atoms with Crippen LogP contribution in [-0.4, -0.2) is 53.1 Å². The average Bonchev–Trinajstić information content (AvgIpc) is 3.09. The summed E-state index contributed by atoms with van der Waals surface area (Å²) < 4.78 is 32.5. The van der Waals surface area contributed by atoms with Gasteiger partial charge in [-0.2, -0.15) is 8.42 Å². The highest BCUT2D eigenvalue weighted by Crippen LogP contribution is 2.15. The molecule has 0 aliphatic heterocycles. The van der Waals surface area contributed by atoms with Crippen LogP contribution in [0.2, 0.25) is 0 Å². The van der Waals surface area contributed by atoms with Crippen LogP contribution in [0.5, 0.6) is 0 Å². The van der Waals surface area contributed by atoms with Gasteiger partial charge in [-0.1, -0.05) is 198 Å². The van der Waals surface area contributed by atoms with E-state index >= 15 is 0 Å². The highest BCUT2D eigenvalue weighted by molar-refractivity contribution is 7.85. The molecule has 51 heavy (non-hydrogen) atoms. The first-order valence-corrected chi connectivity index (χ1v) is 22.9. The normalized spacial score (nSPS) is 14.2. The van der Waals surface area contributed by atoms with E-state index in [0.29, 0.717) is 6.42 Å². The fourth-order valence-electron chi connectivity index (χ4n) is 6.44. The molecule has 0 aromatic heterocycles. The summed E-state index contributed by atoms with van der Waals surface area (Å²) in [6.45, 7) is 4.41. The topological polar surface area (TPSA) is 124 Å². The van der Waals surface area contributed by atoms with Crippen LogP contribution in [0.15, 0.2) is 36.5 Å². The minimum atomic E-state index is -4.44. The van der Waals surface area contributed by atoms with E-state index in [9.17, 15) is 28.0 Å². The molecule has 0 bridgehead atoms. The van der Waals surface area contributed by atoms with E-state index in [2.05, 4.69) is 43.5 Å². The second kappa shape index (κ2) is 36.9. The molecule has 3 atom stereocenters. The van der Waals surface area contributed by atoms with Gasteiger partial charge in [-0.15, -0.1) is 0 Å². The van der Waals surface area contributed by atoms with Crippen LogP contribution < -0.4 is 5.32 Å². The molecular formula is C43H81NO6S. The molecule has 0 aliphatic carbocycles. The van der Waals surface area contributed by atoms with Crippen molar-refractivity contribution in [2.75, 3.05) is 5.75 Å². The molecule has 0 saturated carbocycles. The quantitative estimate of drug-likeness (QED) is 0.0284. The molecule has 3 unspecified atom stereocenters. The number of allylic oxidation sites excluding steroid dienone is 5. The number of hydrogen-bond acceptors (Lipinski definition) is 5. The predicted octanol–water partition coefficient (Wildman–Crippen LogP) is 11.5. The molecule has 0 fully saturated rings. The fourth-order valence-corrected chi connectivity index (χ4v) is 7.17. The van der Waals surface area contributed by atoms with E-state index in [4.69, 9.17) is 0 Å². The van der Waals surface area contributed by atoms with Gasteiger partial charge in [-0.3, -0.25) is 9.35 Å². The maximum Gasteiger partial charge on any atom is 0.267 e. The zero-order valence-corrected chi connectivity index (χ0v) is 33.9. The van der Waals surface area contributed by atoms with Crippen LogP contribution in [0, 0.1) is 0 Å². The fraction of sp³-hybridized carbons (Fsp3) is 0.837. The number of unbranched alkanes of at least 4 members (excludes halogenated alkanes) is 25. The van der Waals surface area contributed by atoms with Crippen LogP contribution in [0.4, 0.5) is 0 Å². The summed E-state index contributed by atoms with van der Waals surface area (Å²) in [4.78, 5) is 12.6. The van der Waals surface area contributed by atoms with Gasteiger partial charge in [0.1, 0.15) is 6.10 Å². The third kappa shape index (κ3) is 36.7. The van der Waals surface area contributed by atoms with E-state index in [-0.39, 0.29) is 6.42 Å². The largest absolute Gasteiger partial charge is 0.387 e. The molecular weight excluding hydrogens is 659 g/mol. The molecule has 4 N–H and O–H groups in total. The number of aliphatic hydroxyl groups is 2. The summed E-state index contributed by atoms with van der Waals surface area (Å²) >= 11 is 0. The summed E-state index contributed by atoms with van der Waals surface area (Å²) in [7, 11) is -4.44. The van der Waals surface area contributed by atoms with Crippen LogP contribution >= 0.6 is 0 Å². The van der Waals surface area contributed by atoms with Crippen LogP contribution in [0.25, 0.3) is 0 Å². The van der Waals surface area contributed by atoms with Gasteiger partial charge < -0.3 is 15.5 Å². The van der Waals surface area contributed by atoms with Gasteiger partial charge in [0.15, 0.2) is 0 Å². The standard InChI is InChI=1S/C43H81NO6S/c1-3-5-7-9-11-13-15-17-19-20-21-22-23-24-26-28-30-32-34-36-38-42(46)43(47)44-40(39-51(48,49)50)41(45)37-35-33-31-29-27-25-18-16-14-12-10-8-6-4-2/h5,7,11,13,35,37,40-42,45-46H,3-4,6,8-10,12,14-34,36,38-39H2,1-2H3,(H,44,47)(H,48,49,50)/b7-5-,13-11-,37-35+. The Hall–Kier alpha value is -1.48. The Bertz CT molecular complexity index is 964. The van der Waals surface area contributed by atoms with Crippen molar-refractivity contribution in [3.63, 3.8) is 0 Å². The number of aliphatic hydroxyl groups excluding tert-OH is 2. The van der Waals surface area contributed by atoms with E-state index in [1.54, 1.807) is 6.08 Å². The first-order chi connectivity index (χ1) is 24.7. The van der Waals surface area contributed by atoms with Crippen molar-refractivity contribution < 1.29 is 28.0 Å². The predicted molar refractivity (Wildman–Crippen MR) is 218 cm³/mol. The van der Waals surface area contributed by atoms with Crippen molar-refractivity contribution in [2.24, 2.45) is 0 Å². The van der Waals surface area contributed by atoms with Crippen molar-refractivity contribution in [3.05, 3.63) is 36.5 Å². The monoisotopic (exact) mass is 740 g/mol. The molecule has 8 heteroatoms. The maximum atomic E-state index is 12.6. The lowest BCUT2D eigenvalue weighted by Gasteiger charge is -2.22. The Balaban J connectivity index is 3.97. The molecule has 0 aromatic rings. The molecule has 0 spiro atoms. The Labute approximate surface area is 315 Å². The molecule has 0 aliphatic rings.